The van der Waals surface area contributed by atoms with Gasteiger partial charge in [-0.3, -0.25) is 0 Å². The summed E-state index contributed by atoms with van der Waals surface area (Å²) in [6, 6.07) is 81.7. The van der Waals surface area contributed by atoms with E-state index in [4.69, 9.17) is 6.57 Å². The molecule has 13 rings (SSSR count). The summed E-state index contributed by atoms with van der Waals surface area (Å²) in [5.41, 5.74) is 16.6. The first-order valence-corrected chi connectivity index (χ1v) is 22.4. The van der Waals surface area contributed by atoms with Crippen LogP contribution in [0.15, 0.2) is 224 Å². The van der Waals surface area contributed by atoms with Crippen molar-refractivity contribution < 1.29 is 0 Å². The lowest BCUT2D eigenvalue weighted by atomic mass is 9.88. The van der Waals surface area contributed by atoms with Gasteiger partial charge in [0.2, 0.25) is 0 Å². The maximum Gasteiger partial charge on any atom is 0.196 e. The zero-order valence-corrected chi connectivity index (χ0v) is 36.1. The molecule has 5 nitrogen and oxygen atoms in total. The van der Waals surface area contributed by atoms with E-state index in [1.807, 2.05) is 18.2 Å². The molecule has 0 aliphatic heterocycles. The molecule has 5 heteroatoms. The van der Waals surface area contributed by atoms with Crippen molar-refractivity contribution in [2.45, 2.75) is 0 Å². The highest BCUT2D eigenvalue weighted by Crippen LogP contribution is 2.48. The molecule has 0 saturated carbocycles. The number of benzene rings is 10. The highest BCUT2D eigenvalue weighted by atomic mass is 15.0. The second-order valence-electron chi connectivity index (χ2n) is 17.1. The van der Waals surface area contributed by atoms with Gasteiger partial charge >= 0.3 is 0 Å². The Balaban J connectivity index is 1.22. The summed E-state index contributed by atoms with van der Waals surface area (Å²) in [5, 5.41) is 16.9. The van der Waals surface area contributed by atoms with Gasteiger partial charge in [0.15, 0.2) is 5.69 Å². The molecule has 67 heavy (non-hydrogen) atoms. The molecule has 3 aromatic heterocycles. The maximum absolute atomic E-state index is 9.87. The van der Waals surface area contributed by atoms with E-state index in [0.717, 1.165) is 94.3 Å². The summed E-state index contributed by atoms with van der Waals surface area (Å²) >= 11 is 0. The molecule has 0 saturated heterocycles. The van der Waals surface area contributed by atoms with Gasteiger partial charge in [0.25, 0.3) is 0 Å². The number of nitrogens with zero attached hydrogens (tertiary/aromatic N) is 5. The highest BCUT2D eigenvalue weighted by molar-refractivity contribution is 6.26. The van der Waals surface area contributed by atoms with Crippen LogP contribution in [0, 0.1) is 17.9 Å². The standard InChI is InChI=1S/C62H37N5/c1-64-54-35-40(39-63)29-31-45(54)52-37-51(42-19-7-3-8-20-42)60(38-50(52)41-17-5-2-6-18-41)67-58-33-30-44(66-55-26-14-11-23-46(55)47-24-12-15-27-56(47)66)36-53(58)48-32-34-59-61(62(48)67)49-25-13-16-28-57(49)65(59)43-21-9-4-10-22-43/h2-38H. The number of aromatic nitrogens is 3. The van der Waals surface area contributed by atoms with Crippen molar-refractivity contribution in [2.75, 3.05) is 0 Å². The van der Waals surface area contributed by atoms with E-state index in [-0.39, 0.29) is 0 Å². The lowest BCUT2D eigenvalue weighted by Gasteiger charge is -2.21. The van der Waals surface area contributed by atoms with Gasteiger partial charge in [-0.05, 0) is 107 Å². The fourth-order valence-electron chi connectivity index (χ4n) is 10.6. The van der Waals surface area contributed by atoms with Crippen molar-refractivity contribution in [3.8, 4) is 56.5 Å². The van der Waals surface area contributed by atoms with E-state index < -0.39 is 0 Å². The van der Waals surface area contributed by atoms with E-state index in [9.17, 15) is 5.26 Å². The highest BCUT2D eigenvalue weighted by Gasteiger charge is 2.25. The Morgan fingerprint density at radius 1 is 0.373 bits per heavy atom. The fraction of sp³-hybridized carbons (Fsp3) is 0. The molecule has 310 valence electrons. The summed E-state index contributed by atoms with van der Waals surface area (Å²) in [4.78, 5) is 3.99. The summed E-state index contributed by atoms with van der Waals surface area (Å²) in [6.45, 7) is 8.31. The first-order valence-electron chi connectivity index (χ1n) is 22.4. The molecule has 0 bridgehead atoms. The van der Waals surface area contributed by atoms with E-state index in [2.05, 4.69) is 225 Å². The van der Waals surface area contributed by atoms with Crippen molar-refractivity contribution in [3.63, 3.8) is 0 Å². The lowest BCUT2D eigenvalue weighted by molar-refractivity contribution is 1.17. The van der Waals surface area contributed by atoms with Crippen LogP contribution in [0.1, 0.15) is 5.56 Å². The zero-order chi connectivity index (χ0) is 44.6. The lowest BCUT2D eigenvalue weighted by Crippen LogP contribution is -2.01. The molecule has 13 aromatic rings. The normalized spacial score (nSPS) is 11.6. The third-order valence-corrected chi connectivity index (χ3v) is 13.5. The maximum atomic E-state index is 9.87. The Hall–Kier alpha value is -9.42. The molecule has 0 aliphatic carbocycles. The van der Waals surface area contributed by atoms with Crippen LogP contribution < -0.4 is 0 Å². The Morgan fingerprint density at radius 2 is 0.925 bits per heavy atom. The topological polar surface area (TPSA) is 42.9 Å². The predicted molar refractivity (Wildman–Crippen MR) is 277 cm³/mol. The van der Waals surface area contributed by atoms with Gasteiger partial charge in [0, 0.05) is 54.8 Å². The van der Waals surface area contributed by atoms with Crippen LogP contribution in [0.3, 0.4) is 0 Å². The molecule has 0 amide bonds. The van der Waals surface area contributed by atoms with Crippen LogP contribution >= 0.6 is 0 Å². The second-order valence-corrected chi connectivity index (χ2v) is 17.1. The minimum absolute atomic E-state index is 0.438. The van der Waals surface area contributed by atoms with Crippen LogP contribution in [0.5, 0.6) is 0 Å². The number of para-hydroxylation sites is 4. The van der Waals surface area contributed by atoms with Crippen molar-refractivity contribution in [3.05, 3.63) is 241 Å². The predicted octanol–water partition coefficient (Wildman–Crippen LogP) is 16.4. The van der Waals surface area contributed by atoms with Gasteiger partial charge in [-0.25, -0.2) is 4.85 Å². The molecule has 3 heterocycles. The Labute approximate surface area is 386 Å². The number of hydrogen-bond donors (Lipinski definition) is 0. The molecule has 10 aromatic carbocycles. The van der Waals surface area contributed by atoms with Gasteiger partial charge in [-0.2, -0.15) is 5.26 Å². The third-order valence-electron chi connectivity index (χ3n) is 13.5. The SMILES string of the molecule is [C-]#[N+]c1cc(C#N)ccc1-c1cc(-c2ccccc2)c(-n2c3ccc(-n4c5ccccc5c5ccccc54)cc3c3ccc4c(c5ccccc5n4-c4ccccc4)c32)cc1-c1ccccc1. The zero-order valence-electron chi connectivity index (χ0n) is 36.1. The van der Waals surface area contributed by atoms with Gasteiger partial charge in [0.05, 0.1) is 51.4 Å². The molecule has 0 spiro atoms. The molecule has 0 unspecified atom stereocenters. The van der Waals surface area contributed by atoms with E-state index in [1.165, 1.54) is 21.5 Å². The van der Waals surface area contributed by atoms with E-state index in [1.54, 1.807) is 6.07 Å². The summed E-state index contributed by atoms with van der Waals surface area (Å²) in [5.74, 6) is 0. The molecule has 0 aliphatic rings. The smallest absolute Gasteiger partial charge is 0.196 e. The molecular weight excluding hydrogens is 815 g/mol. The minimum atomic E-state index is 0.438. The number of fused-ring (bicyclic) bond motifs is 10. The summed E-state index contributed by atoms with van der Waals surface area (Å²) in [6.07, 6.45) is 0. The van der Waals surface area contributed by atoms with Crippen molar-refractivity contribution in [1.29, 1.82) is 5.26 Å². The van der Waals surface area contributed by atoms with Crippen LogP contribution in [-0.2, 0) is 0 Å². The fourth-order valence-corrected chi connectivity index (χ4v) is 10.6. The Morgan fingerprint density at radius 3 is 1.58 bits per heavy atom. The Kier molecular flexibility index (Phi) is 8.58. The summed E-state index contributed by atoms with van der Waals surface area (Å²) in [7, 11) is 0. The Bertz CT molecular complexity index is 4160. The molecule has 0 fully saturated rings. The molecule has 0 atom stereocenters. The third kappa shape index (κ3) is 5.79. The quantitative estimate of drug-likeness (QED) is 0.154. The van der Waals surface area contributed by atoms with Gasteiger partial charge in [-0.1, -0.05) is 146 Å². The molecular formula is C62H37N5. The first-order chi connectivity index (χ1) is 33.2. The van der Waals surface area contributed by atoms with Gasteiger partial charge < -0.3 is 13.7 Å². The van der Waals surface area contributed by atoms with Gasteiger partial charge in [-0.15, -0.1) is 0 Å². The van der Waals surface area contributed by atoms with E-state index >= 15 is 0 Å². The van der Waals surface area contributed by atoms with E-state index in [0.29, 0.717) is 11.3 Å². The number of nitriles is 1. The average Bonchev–Trinajstić information content (AvgIpc) is 4.04. The van der Waals surface area contributed by atoms with Crippen LogP contribution in [-0.4, -0.2) is 13.7 Å². The van der Waals surface area contributed by atoms with Crippen molar-refractivity contribution in [1.82, 2.24) is 13.7 Å². The monoisotopic (exact) mass is 851 g/mol. The molecule has 0 radical (unpaired) electrons. The summed E-state index contributed by atoms with van der Waals surface area (Å²) < 4.78 is 7.29. The largest absolute Gasteiger partial charge is 0.309 e. The average molecular weight is 852 g/mol. The van der Waals surface area contributed by atoms with Crippen molar-refractivity contribution in [2.24, 2.45) is 0 Å². The number of rotatable bonds is 6. The van der Waals surface area contributed by atoms with Crippen molar-refractivity contribution >= 4 is 71.1 Å². The minimum Gasteiger partial charge on any atom is -0.309 e. The molecule has 0 N–H and O–H groups in total. The first kappa shape index (κ1) is 38.1. The van der Waals surface area contributed by atoms with Crippen LogP contribution in [0.2, 0.25) is 0 Å². The van der Waals surface area contributed by atoms with Crippen LogP contribution in [0.4, 0.5) is 5.69 Å². The number of hydrogen-bond acceptors (Lipinski definition) is 1. The second kappa shape index (κ2) is 15.1. The van der Waals surface area contributed by atoms with Gasteiger partial charge in [0.1, 0.15) is 0 Å². The van der Waals surface area contributed by atoms with Crippen LogP contribution in [0.25, 0.3) is 121 Å².